The van der Waals surface area contributed by atoms with E-state index in [2.05, 4.69) is 20.6 Å². The van der Waals surface area contributed by atoms with Gasteiger partial charge in [0.2, 0.25) is 0 Å². The average Bonchev–Trinajstić information content (AvgIpc) is 3.20. The zero-order valence-corrected chi connectivity index (χ0v) is 21.4. The third-order valence-corrected chi connectivity index (χ3v) is 8.09. The first-order valence-corrected chi connectivity index (χ1v) is 14.5. The third kappa shape index (κ3) is 10.4. The first-order chi connectivity index (χ1) is 16.5. The summed E-state index contributed by atoms with van der Waals surface area (Å²) in [6.45, 7) is 4.73. The number of aromatic nitrogens is 2. The van der Waals surface area contributed by atoms with Gasteiger partial charge in [0.1, 0.15) is 5.69 Å². The molecule has 34 heavy (non-hydrogen) atoms. The molecule has 0 fully saturated rings. The molecule has 5 N–H and O–H groups in total. The fourth-order valence-electron chi connectivity index (χ4n) is 4.18. The lowest BCUT2D eigenvalue weighted by atomic mass is 10.1. The zero-order valence-electron chi connectivity index (χ0n) is 20.5. The van der Waals surface area contributed by atoms with E-state index in [1.54, 1.807) is 0 Å². The minimum Gasteiger partial charge on any atom is -0.396 e. The van der Waals surface area contributed by atoms with Gasteiger partial charge in [-0.1, -0.05) is 44.9 Å². The second kappa shape index (κ2) is 16.3. The Morgan fingerprint density at radius 3 is 2.32 bits per heavy atom. The molecule has 0 aliphatic carbocycles. The van der Waals surface area contributed by atoms with E-state index in [4.69, 9.17) is 14.2 Å². The predicted octanol–water partition coefficient (Wildman–Crippen LogP) is 3.30. The summed E-state index contributed by atoms with van der Waals surface area (Å²) in [6.07, 6.45) is 11.0. The quantitative estimate of drug-likeness (QED) is 0.135. The molecular formula is C23H43N4O6P. The van der Waals surface area contributed by atoms with E-state index in [1.165, 1.54) is 25.7 Å². The minimum absolute atomic E-state index is 0.000451. The van der Waals surface area contributed by atoms with Crippen LogP contribution in [0.15, 0.2) is 9.59 Å². The number of rotatable bonds is 20. The van der Waals surface area contributed by atoms with E-state index < -0.39 is 18.8 Å². The van der Waals surface area contributed by atoms with E-state index in [9.17, 15) is 14.2 Å². The summed E-state index contributed by atoms with van der Waals surface area (Å²) in [4.78, 5) is 28.3. The van der Waals surface area contributed by atoms with Gasteiger partial charge in [0.05, 0.1) is 25.1 Å². The fourth-order valence-corrected chi connectivity index (χ4v) is 5.86. The van der Waals surface area contributed by atoms with Gasteiger partial charge in [-0.2, -0.15) is 0 Å². The zero-order chi connectivity index (χ0) is 24.7. The summed E-state index contributed by atoms with van der Waals surface area (Å²) in [6, 6.07) is 0. The number of hydrogen-bond acceptors (Lipinski definition) is 8. The molecule has 11 heteroatoms. The standard InChI is InChI=1S/C23H43N4O6P/c1-2-32-34(31,33-15-11-9-7-5-3-4-6-8-10-14-28)16-12-13-24-17-19-18-25-21-20(19)26-23(30)27-22(21)29/h19,24-25,28H,2-18H2,1H3,(H2,26,27,29,30). The Balaban J connectivity index is 1.57. The first kappa shape index (κ1) is 28.8. The highest BCUT2D eigenvalue weighted by molar-refractivity contribution is 7.53. The number of fused-ring (bicyclic) bond motifs is 1. The monoisotopic (exact) mass is 502 g/mol. The number of unbranched alkanes of at least 4 members (excludes halogenated alkanes) is 8. The number of nitrogens with one attached hydrogen (secondary N) is 4. The molecule has 10 nitrogen and oxygen atoms in total. The first-order valence-electron chi connectivity index (χ1n) is 12.8. The van der Waals surface area contributed by atoms with E-state index in [0.717, 1.165) is 32.1 Å². The Morgan fingerprint density at radius 1 is 0.971 bits per heavy atom. The second-order valence-corrected chi connectivity index (χ2v) is 11.0. The van der Waals surface area contributed by atoms with Gasteiger partial charge in [-0.25, -0.2) is 4.79 Å². The van der Waals surface area contributed by atoms with Crippen LogP contribution in [0.4, 0.5) is 5.69 Å². The van der Waals surface area contributed by atoms with Crippen LogP contribution in [0.3, 0.4) is 0 Å². The van der Waals surface area contributed by atoms with E-state index in [-0.39, 0.29) is 5.92 Å². The van der Waals surface area contributed by atoms with Gasteiger partial charge in [-0.3, -0.25) is 14.3 Å². The molecule has 2 rings (SSSR count). The Hall–Kier alpha value is -1.45. The number of aliphatic hydroxyl groups is 1. The van der Waals surface area contributed by atoms with E-state index in [0.29, 0.717) is 63.4 Å². The largest absolute Gasteiger partial charge is 0.396 e. The highest BCUT2D eigenvalue weighted by Crippen LogP contribution is 2.48. The lowest BCUT2D eigenvalue weighted by molar-refractivity contribution is 0.207. The highest BCUT2D eigenvalue weighted by Gasteiger charge is 2.26. The van der Waals surface area contributed by atoms with Gasteiger partial charge >= 0.3 is 13.3 Å². The summed E-state index contributed by atoms with van der Waals surface area (Å²) in [5, 5.41) is 15.1. The molecule has 1 aromatic heterocycles. The van der Waals surface area contributed by atoms with Crippen LogP contribution in [0.5, 0.6) is 0 Å². The van der Waals surface area contributed by atoms with Crippen LogP contribution in [0.25, 0.3) is 0 Å². The second-order valence-electron chi connectivity index (χ2n) is 8.82. The van der Waals surface area contributed by atoms with Gasteiger partial charge in [0.25, 0.3) is 5.56 Å². The number of anilines is 1. The molecule has 0 radical (unpaired) electrons. The molecule has 2 unspecified atom stereocenters. The topological polar surface area (TPSA) is 146 Å². The number of H-pyrrole nitrogens is 2. The van der Waals surface area contributed by atoms with E-state index >= 15 is 0 Å². The van der Waals surface area contributed by atoms with Crippen molar-refractivity contribution in [3.63, 3.8) is 0 Å². The predicted molar refractivity (Wildman–Crippen MR) is 135 cm³/mol. The molecule has 1 aliphatic heterocycles. The molecule has 0 saturated carbocycles. The summed E-state index contributed by atoms with van der Waals surface area (Å²) >= 11 is 0. The van der Waals surface area contributed by atoms with Crippen LogP contribution in [0.2, 0.25) is 0 Å². The van der Waals surface area contributed by atoms with Crippen molar-refractivity contribution in [2.45, 2.75) is 77.0 Å². The summed E-state index contributed by atoms with van der Waals surface area (Å²) in [5.41, 5.74) is 0.164. The van der Waals surface area contributed by atoms with E-state index in [1.807, 2.05) is 6.92 Å². The van der Waals surface area contributed by atoms with Crippen molar-refractivity contribution < 1.29 is 18.7 Å². The molecule has 2 atom stereocenters. The molecule has 0 amide bonds. The molecule has 0 bridgehead atoms. The van der Waals surface area contributed by atoms with Crippen molar-refractivity contribution in [2.24, 2.45) is 0 Å². The van der Waals surface area contributed by atoms with Gasteiger partial charge < -0.3 is 29.8 Å². The van der Waals surface area contributed by atoms with Gasteiger partial charge in [-0.05, 0) is 32.7 Å². The molecule has 1 aliphatic rings. The Morgan fingerprint density at radius 2 is 1.65 bits per heavy atom. The molecule has 1 aromatic rings. The summed E-state index contributed by atoms with van der Waals surface area (Å²) in [7, 11) is -3.09. The maximum absolute atomic E-state index is 13.0. The SMILES string of the molecule is CCOP(=O)(CCCNCC1CNc2c1[nH]c(=O)[nH]c2=O)OCCCCCCCCCCCO. The van der Waals surface area contributed by atoms with Crippen LogP contribution in [-0.2, 0) is 13.6 Å². The van der Waals surface area contributed by atoms with Crippen LogP contribution in [0, 0.1) is 0 Å². The Kier molecular flexibility index (Phi) is 13.8. The van der Waals surface area contributed by atoms with Crippen LogP contribution >= 0.6 is 7.60 Å². The Labute approximate surface area is 202 Å². The third-order valence-electron chi connectivity index (χ3n) is 6.00. The van der Waals surface area contributed by atoms with Crippen LogP contribution in [0.1, 0.15) is 82.7 Å². The van der Waals surface area contributed by atoms with Crippen molar-refractivity contribution in [3.05, 3.63) is 26.5 Å². The summed E-state index contributed by atoms with van der Waals surface area (Å²) < 4.78 is 24.1. The maximum Gasteiger partial charge on any atom is 0.330 e. The number of hydrogen-bond donors (Lipinski definition) is 5. The van der Waals surface area contributed by atoms with Gasteiger partial charge in [0, 0.05) is 25.6 Å². The lowest BCUT2D eigenvalue weighted by Gasteiger charge is -2.18. The maximum atomic E-state index is 13.0. The average molecular weight is 503 g/mol. The van der Waals surface area contributed by atoms with Crippen LogP contribution < -0.4 is 21.9 Å². The van der Waals surface area contributed by atoms with Gasteiger partial charge in [0.15, 0.2) is 0 Å². The fraction of sp³-hybridized carbons (Fsp3) is 0.826. The van der Waals surface area contributed by atoms with Crippen LogP contribution in [-0.4, -0.2) is 60.7 Å². The highest BCUT2D eigenvalue weighted by atomic mass is 31.2. The molecule has 0 spiro atoms. The van der Waals surface area contributed by atoms with Crippen molar-refractivity contribution in [1.29, 1.82) is 0 Å². The lowest BCUT2D eigenvalue weighted by Crippen LogP contribution is -2.27. The van der Waals surface area contributed by atoms with Crippen molar-refractivity contribution in [1.82, 2.24) is 15.3 Å². The number of aliphatic hydroxyl groups excluding tert-OH is 1. The smallest absolute Gasteiger partial charge is 0.330 e. The van der Waals surface area contributed by atoms with Gasteiger partial charge in [-0.15, -0.1) is 0 Å². The summed E-state index contributed by atoms with van der Waals surface area (Å²) in [5.74, 6) is 0.000451. The van der Waals surface area contributed by atoms with Crippen molar-refractivity contribution in [2.75, 3.05) is 50.9 Å². The minimum atomic E-state index is -3.09. The van der Waals surface area contributed by atoms with Crippen molar-refractivity contribution >= 4 is 13.3 Å². The molecule has 196 valence electrons. The molecule has 2 heterocycles. The van der Waals surface area contributed by atoms with Crippen molar-refractivity contribution in [3.8, 4) is 0 Å². The normalized spacial score (nSPS) is 16.8. The molecule has 0 aromatic carbocycles. The molecular weight excluding hydrogens is 459 g/mol. The number of aromatic amines is 2. The Bertz CT molecular complexity index is 859. The molecule has 0 saturated heterocycles.